The van der Waals surface area contributed by atoms with Crippen LogP contribution in [0.15, 0.2) is 0 Å². The Morgan fingerprint density at radius 2 is 0.706 bits per heavy atom. The fourth-order valence-electron chi connectivity index (χ4n) is 12.4. The van der Waals surface area contributed by atoms with Crippen molar-refractivity contribution in [2.45, 2.75) is 299 Å². The zero-order chi connectivity index (χ0) is 75.4. The van der Waals surface area contributed by atoms with E-state index in [-0.39, 0.29) is 57.2 Å². The molecule has 7 unspecified atom stereocenters. The lowest BCUT2D eigenvalue weighted by Gasteiger charge is -2.42. The summed E-state index contributed by atoms with van der Waals surface area (Å²) in [6, 6.07) is -3.00. The maximum atomic E-state index is 13.9. The van der Waals surface area contributed by atoms with E-state index in [9.17, 15) is 89.2 Å². The van der Waals surface area contributed by atoms with E-state index in [1.165, 1.54) is 39.0 Å². The fraction of sp³-hybridized carbons (Fsp3) is 0.899. The molecule has 3 aliphatic rings. The first-order valence-corrected chi connectivity index (χ1v) is 39.8. The lowest BCUT2D eigenvalue weighted by molar-refractivity contribution is -0.270. The van der Waals surface area contributed by atoms with Gasteiger partial charge in [0.15, 0.2) is 32.3 Å². The van der Waals surface area contributed by atoms with Crippen molar-refractivity contribution in [2.75, 3.05) is 98.8 Å². The van der Waals surface area contributed by atoms with Crippen molar-refractivity contribution in [2.24, 2.45) is 0 Å². The van der Waals surface area contributed by atoms with E-state index in [0.717, 1.165) is 96.3 Å². The molecule has 33 heteroatoms. The van der Waals surface area contributed by atoms with Gasteiger partial charge in [-0.15, -0.1) is 0 Å². The maximum absolute atomic E-state index is 13.9. The number of amides is 7. The third kappa shape index (κ3) is 37.4. The number of aliphatic hydroxyl groups excluding tert-OH is 10. The zero-order valence-corrected chi connectivity index (χ0v) is 62.1. The third-order valence-electron chi connectivity index (χ3n) is 18.2. The number of ether oxygens (including phenoxy) is 6. The maximum Gasteiger partial charge on any atom is 0.253 e. The highest BCUT2D eigenvalue weighted by Gasteiger charge is 2.48. The van der Waals surface area contributed by atoms with E-state index < -0.39 is 155 Å². The quantitative estimate of drug-likeness (QED) is 0.0293. The number of carbonyl (C=O) groups excluding carboxylic acids is 7. The molecule has 16 atom stereocenters. The fourth-order valence-corrected chi connectivity index (χ4v) is 12.9. The van der Waals surface area contributed by atoms with E-state index in [2.05, 4.69) is 26.6 Å². The van der Waals surface area contributed by atoms with Crippen molar-refractivity contribution in [3.05, 3.63) is 0 Å². The van der Waals surface area contributed by atoms with Crippen molar-refractivity contribution in [3.8, 4) is 0 Å². The molecule has 3 aliphatic heterocycles. The van der Waals surface area contributed by atoms with Gasteiger partial charge < -0.3 is 120 Å². The second-order valence-corrected chi connectivity index (χ2v) is 30.2. The third-order valence-corrected chi connectivity index (χ3v) is 19.0. The summed E-state index contributed by atoms with van der Waals surface area (Å²) >= 11 is 0. The summed E-state index contributed by atoms with van der Waals surface area (Å²) in [6.07, 6.45) is 4.10. The van der Waals surface area contributed by atoms with Crippen molar-refractivity contribution in [1.82, 2.24) is 36.4 Å². The summed E-state index contributed by atoms with van der Waals surface area (Å²) < 4.78 is 51.9. The van der Waals surface area contributed by atoms with Gasteiger partial charge in [0.25, 0.3) is 5.91 Å². The Balaban J connectivity index is 1.44. The minimum absolute atomic E-state index is 0.0335. The number of rotatable bonds is 56. The van der Waals surface area contributed by atoms with Gasteiger partial charge in [0.05, 0.1) is 26.4 Å². The number of hydrogen-bond donors (Lipinski definition) is 15. The summed E-state index contributed by atoms with van der Waals surface area (Å²) in [4.78, 5) is 91.8. The van der Waals surface area contributed by atoms with Crippen LogP contribution in [0.25, 0.3) is 0 Å². The van der Waals surface area contributed by atoms with Crippen LogP contribution in [-0.4, -0.2) is 299 Å². The predicted molar refractivity (Wildman–Crippen MR) is 374 cm³/mol. The average molecular weight is 1490 g/mol. The van der Waals surface area contributed by atoms with Gasteiger partial charge in [-0.1, -0.05) is 96.3 Å². The van der Waals surface area contributed by atoms with Crippen LogP contribution in [0.5, 0.6) is 0 Å². The second-order valence-electron chi connectivity index (χ2n) is 27.5. The van der Waals surface area contributed by atoms with E-state index >= 15 is 0 Å². The van der Waals surface area contributed by atoms with E-state index in [0.29, 0.717) is 103 Å². The number of carbonyl (C=O) groups is 7. The van der Waals surface area contributed by atoms with Gasteiger partial charge in [0.1, 0.15) is 73.1 Å². The highest BCUT2D eigenvalue weighted by molar-refractivity contribution is 7.57. The minimum Gasteiger partial charge on any atom is -0.394 e. The monoisotopic (exact) mass is 1490 g/mol. The van der Waals surface area contributed by atoms with Gasteiger partial charge in [0.2, 0.25) is 35.4 Å². The van der Waals surface area contributed by atoms with E-state index in [1.54, 1.807) is 4.90 Å². The number of hydrogen-bond acceptors (Lipinski definition) is 25. The largest absolute Gasteiger partial charge is 0.394 e. The first-order valence-electron chi connectivity index (χ1n) is 37.2. The SMILES string of the molecule is CC(=O)NC1[C@H](OCCCCCCCCCC(=O)NCCCN(CCCCN(CCCNC(=O)CCCCCCCCCO[C@@H]2OC(CO)[C@H](O)[C@H](O)C2NC(C)=O)C(=O)C(O)COP(C)(C)=O)C(=O)CCCCCCCCCO[C@@H]2OC(CO)[C@H](O)[C@H](O)C2NC(C)=O)OC(CO)[C@H](O)[C@@H]1O. The standard InChI is InChI=1S/C69H128N7O25P/c1-47(80)72-57-63(90)60(87)51(43-77)99-67(57)95-40-26-18-12-6-9-15-21-31-54(84)70-34-29-38-75(56(86)33-23-17-11-8-14-20-28-42-97-69-59(74-49(3)82)65(92)62(89)53(45-79)101-69)36-24-25-37-76(66(93)50(83)46-98-102(4,5)94)39-30-35-71-55(85)32-22-16-10-7-13-19-27-41-96-68-58(73-48(2)81)64(91)61(88)52(44-78)100-68/h50-53,57-65,67-69,77-79,83,87-92H,6-46H2,1-5H3,(H,70,84)(H,71,85)(H,72,80)(H,73,81)(H,74,82)/t50?,51?,52?,53?,57?,58?,59?,60-,61-,62-,63+,64+,65+,67+,68+,69+/m0/s1. The molecule has 3 heterocycles. The molecular formula is C69H128N7O25P. The average Bonchev–Trinajstić information content (AvgIpc) is 0.823. The van der Waals surface area contributed by atoms with Crippen LogP contribution in [0.4, 0.5) is 0 Å². The summed E-state index contributed by atoms with van der Waals surface area (Å²) in [5, 5.41) is 115. The Morgan fingerprint density at radius 3 is 1.03 bits per heavy atom. The second kappa shape index (κ2) is 52.8. The van der Waals surface area contributed by atoms with Crippen LogP contribution >= 0.6 is 7.37 Å². The van der Waals surface area contributed by atoms with Gasteiger partial charge in [-0.3, -0.25) is 38.1 Å². The van der Waals surface area contributed by atoms with Gasteiger partial charge in [-0.05, 0) is 64.2 Å². The molecule has 0 aromatic heterocycles. The molecular weight excluding hydrogens is 1360 g/mol. The molecule has 3 fully saturated rings. The first kappa shape index (κ1) is 92.0. The normalized spacial score (nSPS) is 25.5. The molecule has 3 rings (SSSR count). The number of nitrogens with one attached hydrogen (secondary N) is 5. The molecule has 0 saturated carbocycles. The van der Waals surface area contributed by atoms with Gasteiger partial charge in [-0.25, -0.2) is 0 Å². The van der Waals surface area contributed by atoms with E-state index in [4.69, 9.17) is 32.9 Å². The van der Waals surface area contributed by atoms with Crippen LogP contribution < -0.4 is 26.6 Å². The molecule has 0 aromatic carbocycles. The minimum atomic E-state index is -3.02. The number of aliphatic hydroxyl groups is 10. The predicted octanol–water partition coefficient (Wildman–Crippen LogP) is 0.595. The molecule has 0 bridgehead atoms. The molecule has 0 spiro atoms. The lowest BCUT2D eigenvalue weighted by Crippen LogP contribution is -2.64. The highest BCUT2D eigenvalue weighted by atomic mass is 31.2. The molecule has 0 aliphatic carbocycles. The summed E-state index contributed by atoms with van der Waals surface area (Å²) in [7, 11) is -3.02. The van der Waals surface area contributed by atoms with Crippen LogP contribution in [0, 0.1) is 0 Å². The summed E-state index contributed by atoms with van der Waals surface area (Å²) in [6.45, 7) is 7.24. The lowest BCUT2D eigenvalue weighted by atomic mass is 9.97. The molecule has 15 N–H and O–H groups in total. The Bertz CT molecular complexity index is 2410. The Kier molecular flexibility index (Phi) is 47.6. The molecule has 32 nitrogen and oxygen atoms in total. The van der Waals surface area contributed by atoms with Gasteiger partial charge in [0, 0.05) is 112 Å². The Hall–Kier alpha value is -4.16. The van der Waals surface area contributed by atoms with Crippen LogP contribution in [0.1, 0.15) is 201 Å². The Labute approximate surface area is 602 Å². The van der Waals surface area contributed by atoms with Crippen LogP contribution in [-0.2, 0) is 71.1 Å². The van der Waals surface area contributed by atoms with Crippen LogP contribution in [0.2, 0.25) is 0 Å². The number of nitrogens with zero attached hydrogens (tertiary/aromatic N) is 2. The Morgan fingerprint density at radius 1 is 0.412 bits per heavy atom. The van der Waals surface area contributed by atoms with E-state index in [1.807, 2.05) is 0 Å². The van der Waals surface area contributed by atoms with Crippen molar-refractivity contribution in [1.29, 1.82) is 0 Å². The highest BCUT2D eigenvalue weighted by Crippen LogP contribution is 2.37. The van der Waals surface area contributed by atoms with Crippen molar-refractivity contribution >= 4 is 48.7 Å². The van der Waals surface area contributed by atoms with Crippen LogP contribution in [0.3, 0.4) is 0 Å². The topological polar surface area (TPSA) is 470 Å². The molecule has 0 radical (unpaired) electrons. The number of unbranched alkanes of at least 4 members (excludes halogenated alkanes) is 19. The smallest absolute Gasteiger partial charge is 0.253 e. The molecule has 0 aromatic rings. The molecule has 3 saturated heterocycles. The first-order chi connectivity index (χ1) is 48.7. The zero-order valence-electron chi connectivity index (χ0n) is 61.2. The summed E-state index contributed by atoms with van der Waals surface area (Å²) in [5.74, 6) is -2.14. The van der Waals surface area contributed by atoms with Crippen molar-refractivity contribution < 1.29 is 122 Å². The van der Waals surface area contributed by atoms with Gasteiger partial charge >= 0.3 is 0 Å². The molecule has 102 heavy (non-hydrogen) atoms. The summed E-state index contributed by atoms with van der Waals surface area (Å²) in [5.41, 5.74) is 0. The molecule has 594 valence electrons. The molecule has 7 amide bonds. The van der Waals surface area contributed by atoms with Crippen molar-refractivity contribution in [3.63, 3.8) is 0 Å². The van der Waals surface area contributed by atoms with Gasteiger partial charge in [-0.2, -0.15) is 0 Å².